The van der Waals surface area contributed by atoms with Gasteiger partial charge in [0.05, 0.1) is 5.02 Å². The van der Waals surface area contributed by atoms with E-state index in [4.69, 9.17) is 33.8 Å². The maximum atomic E-state index is 12.7. The minimum absolute atomic E-state index is 0.124. The van der Waals surface area contributed by atoms with E-state index in [9.17, 15) is 14.4 Å². The largest absolute Gasteiger partial charge is 0.482 e. The lowest BCUT2D eigenvalue weighted by molar-refractivity contribution is -0.133. The highest BCUT2D eigenvalue weighted by atomic mass is 35.5. The third kappa shape index (κ3) is 8.47. The molecule has 3 amide bonds. The SMILES string of the molecule is CC(C)CC(NC(=O)COc1ccc(Cl)cc1Cl)C(=O)NC(C(=O)NN)C(C)C. The molecule has 0 bridgehead atoms. The summed E-state index contributed by atoms with van der Waals surface area (Å²) in [7, 11) is 0. The van der Waals surface area contributed by atoms with Gasteiger partial charge >= 0.3 is 0 Å². The zero-order valence-corrected chi connectivity index (χ0v) is 18.4. The second kappa shape index (κ2) is 11.8. The Labute approximate surface area is 180 Å². The lowest BCUT2D eigenvalue weighted by atomic mass is 10.00. The van der Waals surface area contributed by atoms with Gasteiger partial charge in [-0.25, -0.2) is 5.84 Å². The van der Waals surface area contributed by atoms with E-state index in [0.29, 0.717) is 17.2 Å². The number of carbonyl (C=O) groups excluding carboxylic acids is 3. The van der Waals surface area contributed by atoms with E-state index in [1.54, 1.807) is 26.0 Å². The smallest absolute Gasteiger partial charge is 0.258 e. The van der Waals surface area contributed by atoms with E-state index in [-0.39, 0.29) is 23.5 Å². The predicted octanol–water partition coefficient (Wildman–Crippen LogP) is 2.03. The van der Waals surface area contributed by atoms with E-state index in [1.807, 2.05) is 19.3 Å². The minimum atomic E-state index is -0.835. The van der Waals surface area contributed by atoms with E-state index in [0.717, 1.165) is 0 Å². The highest BCUT2D eigenvalue weighted by Crippen LogP contribution is 2.27. The topological polar surface area (TPSA) is 123 Å². The number of rotatable bonds is 10. The van der Waals surface area contributed by atoms with Crippen molar-refractivity contribution in [1.82, 2.24) is 16.1 Å². The normalized spacial score (nSPS) is 13.0. The maximum absolute atomic E-state index is 12.7. The average Bonchev–Trinajstić information content (AvgIpc) is 2.63. The quantitative estimate of drug-likeness (QED) is 0.248. The minimum Gasteiger partial charge on any atom is -0.482 e. The molecule has 0 saturated carbocycles. The summed E-state index contributed by atoms with van der Waals surface area (Å²) in [6.45, 7) is 7.06. The van der Waals surface area contributed by atoms with E-state index >= 15 is 0 Å². The molecule has 1 aromatic rings. The van der Waals surface area contributed by atoms with Gasteiger partial charge < -0.3 is 15.4 Å². The Morgan fingerprint density at radius 1 is 1.07 bits per heavy atom. The van der Waals surface area contributed by atoms with Crippen LogP contribution in [0.5, 0.6) is 5.75 Å². The standard InChI is InChI=1S/C19H28Cl2N4O4/c1-10(2)7-14(18(27)24-17(11(3)4)19(28)25-22)23-16(26)9-29-15-6-5-12(20)8-13(15)21/h5-6,8,10-11,14,17H,7,9,22H2,1-4H3,(H,23,26)(H,24,27)(H,25,28). The number of ether oxygens (including phenoxy) is 1. The molecule has 2 atom stereocenters. The monoisotopic (exact) mass is 446 g/mol. The predicted molar refractivity (Wildman–Crippen MR) is 112 cm³/mol. The fourth-order valence-electron chi connectivity index (χ4n) is 2.55. The summed E-state index contributed by atoms with van der Waals surface area (Å²) in [5.41, 5.74) is 2.04. The lowest BCUT2D eigenvalue weighted by Gasteiger charge is -2.25. The van der Waals surface area contributed by atoms with Crippen molar-refractivity contribution in [1.29, 1.82) is 0 Å². The first-order valence-corrected chi connectivity index (χ1v) is 9.98. The molecule has 0 radical (unpaired) electrons. The highest BCUT2D eigenvalue weighted by molar-refractivity contribution is 6.35. The summed E-state index contributed by atoms with van der Waals surface area (Å²) in [6, 6.07) is 2.99. The first-order chi connectivity index (χ1) is 13.5. The van der Waals surface area contributed by atoms with E-state index in [1.165, 1.54) is 6.07 Å². The molecular formula is C19H28Cl2N4O4. The number of nitrogens with two attached hydrogens (primary N) is 1. The van der Waals surface area contributed by atoms with Crippen LogP contribution in [0, 0.1) is 11.8 Å². The number of hydrogen-bond acceptors (Lipinski definition) is 5. The number of amides is 3. The van der Waals surface area contributed by atoms with Crippen LogP contribution in [0.1, 0.15) is 34.1 Å². The van der Waals surface area contributed by atoms with Gasteiger partial charge in [-0.1, -0.05) is 50.9 Å². The summed E-state index contributed by atoms with van der Waals surface area (Å²) >= 11 is 11.8. The van der Waals surface area contributed by atoms with Crippen molar-refractivity contribution >= 4 is 40.9 Å². The van der Waals surface area contributed by atoms with Crippen LogP contribution < -0.4 is 26.6 Å². The first kappa shape index (κ1) is 25.0. The van der Waals surface area contributed by atoms with Gasteiger partial charge in [0, 0.05) is 5.02 Å². The molecular weight excluding hydrogens is 419 g/mol. The Kier molecular flexibility index (Phi) is 10.2. The molecule has 0 fully saturated rings. The molecule has 0 aliphatic rings. The molecule has 10 heteroatoms. The number of hydrogen-bond donors (Lipinski definition) is 4. The molecule has 162 valence electrons. The first-order valence-electron chi connectivity index (χ1n) is 9.23. The van der Waals surface area contributed by atoms with Crippen LogP contribution in [0.25, 0.3) is 0 Å². The molecule has 29 heavy (non-hydrogen) atoms. The van der Waals surface area contributed by atoms with Crippen LogP contribution in [0.2, 0.25) is 10.0 Å². The molecule has 0 aliphatic carbocycles. The van der Waals surface area contributed by atoms with Crippen molar-refractivity contribution in [2.75, 3.05) is 6.61 Å². The fraction of sp³-hybridized carbons (Fsp3) is 0.526. The number of benzene rings is 1. The Hall–Kier alpha value is -2.03. The molecule has 0 spiro atoms. The Morgan fingerprint density at radius 3 is 2.24 bits per heavy atom. The summed E-state index contributed by atoms with van der Waals surface area (Å²) in [4.78, 5) is 36.9. The molecule has 8 nitrogen and oxygen atoms in total. The van der Waals surface area contributed by atoms with Crippen LogP contribution in [-0.2, 0) is 14.4 Å². The van der Waals surface area contributed by atoms with Gasteiger partial charge in [-0.2, -0.15) is 0 Å². The number of hydrazine groups is 1. The summed E-state index contributed by atoms with van der Waals surface area (Å²) < 4.78 is 5.40. The molecule has 0 aromatic heterocycles. The molecule has 1 rings (SSSR count). The Balaban J connectivity index is 2.77. The molecule has 0 saturated heterocycles. The van der Waals surface area contributed by atoms with Gasteiger partial charge in [-0.3, -0.25) is 19.8 Å². The summed E-state index contributed by atoms with van der Waals surface area (Å²) in [5, 5.41) is 6.01. The summed E-state index contributed by atoms with van der Waals surface area (Å²) in [6.07, 6.45) is 0.383. The van der Waals surface area contributed by atoms with Crippen LogP contribution in [0.4, 0.5) is 0 Å². The van der Waals surface area contributed by atoms with Crippen LogP contribution >= 0.6 is 23.2 Å². The zero-order chi connectivity index (χ0) is 22.1. The van der Waals surface area contributed by atoms with Gasteiger partial charge in [0.15, 0.2) is 6.61 Å². The maximum Gasteiger partial charge on any atom is 0.258 e. The second-order valence-corrected chi connectivity index (χ2v) is 8.20. The van der Waals surface area contributed by atoms with Gasteiger partial charge in [-0.15, -0.1) is 0 Å². The fourth-order valence-corrected chi connectivity index (χ4v) is 3.02. The van der Waals surface area contributed by atoms with Crippen LogP contribution in [0.15, 0.2) is 18.2 Å². The van der Waals surface area contributed by atoms with Crippen molar-refractivity contribution in [3.05, 3.63) is 28.2 Å². The van der Waals surface area contributed by atoms with Gasteiger partial charge in [0.2, 0.25) is 5.91 Å². The van der Waals surface area contributed by atoms with E-state index < -0.39 is 29.8 Å². The molecule has 5 N–H and O–H groups in total. The van der Waals surface area contributed by atoms with Crippen molar-refractivity contribution in [2.24, 2.45) is 17.7 Å². The number of carbonyl (C=O) groups is 3. The van der Waals surface area contributed by atoms with E-state index in [2.05, 4.69) is 10.6 Å². The molecule has 0 heterocycles. The van der Waals surface area contributed by atoms with Crippen LogP contribution in [-0.4, -0.2) is 36.4 Å². The number of halogens is 2. The van der Waals surface area contributed by atoms with Gasteiger partial charge in [-0.05, 0) is 36.5 Å². The Bertz CT molecular complexity index is 728. The second-order valence-electron chi connectivity index (χ2n) is 7.35. The molecule has 1 aromatic carbocycles. The average molecular weight is 447 g/mol. The van der Waals surface area contributed by atoms with Gasteiger partial charge in [0.1, 0.15) is 17.8 Å². The molecule has 0 aliphatic heterocycles. The Morgan fingerprint density at radius 2 is 1.72 bits per heavy atom. The van der Waals surface area contributed by atoms with Crippen molar-refractivity contribution < 1.29 is 19.1 Å². The van der Waals surface area contributed by atoms with Crippen LogP contribution in [0.3, 0.4) is 0 Å². The van der Waals surface area contributed by atoms with Crippen molar-refractivity contribution in [3.63, 3.8) is 0 Å². The lowest BCUT2D eigenvalue weighted by Crippen LogP contribution is -2.57. The summed E-state index contributed by atoms with van der Waals surface area (Å²) in [5.74, 6) is 3.94. The zero-order valence-electron chi connectivity index (χ0n) is 16.9. The third-order valence-electron chi connectivity index (χ3n) is 4.00. The van der Waals surface area contributed by atoms with Crippen molar-refractivity contribution in [2.45, 2.75) is 46.2 Å². The third-order valence-corrected chi connectivity index (χ3v) is 4.53. The molecule has 2 unspecified atom stereocenters. The van der Waals surface area contributed by atoms with Crippen molar-refractivity contribution in [3.8, 4) is 5.75 Å². The van der Waals surface area contributed by atoms with Gasteiger partial charge in [0.25, 0.3) is 11.8 Å². The number of nitrogens with one attached hydrogen (secondary N) is 3. The highest BCUT2D eigenvalue weighted by Gasteiger charge is 2.29.